The summed E-state index contributed by atoms with van der Waals surface area (Å²) < 4.78 is 25.4. The van der Waals surface area contributed by atoms with Gasteiger partial charge in [0.05, 0.1) is 11.9 Å². The number of carbonyl (C=O) groups is 2. The Balaban J connectivity index is 2.28. The van der Waals surface area contributed by atoms with Gasteiger partial charge in [-0.05, 0) is 38.1 Å². The molecule has 25 heavy (non-hydrogen) atoms. The Kier molecular flexibility index (Phi) is 5.58. The number of rotatable bonds is 6. The van der Waals surface area contributed by atoms with E-state index in [1.165, 1.54) is 13.8 Å². The summed E-state index contributed by atoms with van der Waals surface area (Å²) in [6, 6.07) is 14.0. The Labute approximate surface area is 147 Å². The van der Waals surface area contributed by atoms with Crippen molar-refractivity contribution < 1.29 is 18.0 Å². The third kappa shape index (κ3) is 4.67. The van der Waals surface area contributed by atoms with E-state index in [9.17, 15) is 18.0 Å². The molecule has 0 aromatic heterocycles. The van der Waals surface area contributed by atoms with Crippen molar-refractivity contribution in [1.29, 1.82) is 0 Å². The highest BCUT2D eigenvalue weighted by Crippen LogP contribution is 2.21. The van der Waals surface area contributed by atoms with Crippen LogP contribution in [-0.4, -0.2) is 32.4 Å². The molecule has 0 saturated carbocycles. The molecule has 7 heteroatoms. The molecule has 0 fully saturated rings. The standard InChI is InChI=1S/C18H20N2O4S/c1-13(20(25(3,23)24)17-10-5-4-6-11-17)18(22)19-16-9-7-8-15(12-16)14(2)21/h4-13H,1-3H3,(H,19,22)/t13-/m1/s1. The normalized spacial score (nSPS) is 12.3. The number of hydrogen-bond donors (Lipinski definition) is 1. The highest BCUT2D eigenvalue weighted by molar-refractivity contribution is 7.92. The summed E-state index contributed by atoms with van der Waals surface area (Å²) in [7, 11) is -3.66. The van der Waals surface area contributed by atoms with Crippen LogP contribution in [0.4, 0.5) is 11.4 Å². The van der Waals surface area contributed by atoms with E-state index in [2.05, 4.69) is 5.32 Å². The monoisotopic (exact) mass is 360 g/mol. The van der Waals surface area contributed by atoms with Gasteiger partial charge in [0.2, 0.25) is 15.9 Å². The first kappa shape index (κ1) is 18.7. The molecule has 2 aromatic carbocycles. The van der Waals surface area contributed by atoms with Gasteiger partial charge in [-0.15, -0.1) is 0 Å². The molecule has 2 aromatic rings. The molecular formula is C18H20N2O4S. The molecule has 2 rings (SSSR count). The van der Waals surface area contributed by atoms with Crippen LogP contribution in [0.15, 0.2) is 54.6 Å². The van der Waals surface area contributed by atoms with Crippen LogP contribution in [0.1, 0.15) is 24.2 Å². The van der Waals surface area contributed by atoms with Crippen LogP contribution in [0.3, 0.4) is 0 Å². The zero-order valence-corrected chi connectivity index (χ0v) is 15.1. The highest BCUT2D eigenvalue weighted by atomic mass is 32.2. The van der Waals surface area contributed by atoms with Crippen LogP contribution >= 0.6 is 0 Å². The van der Waals surface area contributed by atoms with Crippen LogP contribution in [0.5, 0.6) is 0 Å². The highest BCUT2D eigenvalue weighted by Gasteiger charge is 2.29. The van der Waals surface area contributed by atoms with Gasteiger partial charge in [0, 0.05) is 11.3 Å². The number of nitrogens with zero attached hydrogens (tertiary/aromatic N) is 1. The number of carbonyl (C=O) groups excluding carboxylic acids is 2. The van der Waals surface area contributed by atoms with Crippen molar-refractivity contribution in [1.82, 2.24) is 0 Å². The summed E-state index contributed by atoms with van der Waals surface area (Å²) in [6.45, 7) is 2.95. The predicted octanol–water partition coefficient (Wildman–Crippen LogP) is 2.68. The molecule has 0 heterocycles. The van der Waals surface area contributed by atoms with Gasteiger partial charge in [0.1, 0.15) is 6.04 Å². The Bertz CT molecular complexity index is 879. The predicted molar refractivity (Wildman–Crippen MR) is 98.3 cm³/mol. The number of Topliss-reactive ketones (excluding diaryl/α,β-unsaturated/α-hetero) is 1. The maximum absolute atomic E-state index is 12.6. The SMILES string of the molecule is CC(=O)c1cccc(NC(=O)[C@@H](C)N(c2ccccc2)S(C)(=O)=O)c1. The molecule has 1 atom stereocenters. The van der Waals surface area contributed by atoms with E-state index in [-0.39, 0.29) is 5.78 Å². The molecule has 1 N–H and O–H groups in total. The molecule has 0 unspecified atom stereocenters. The fourth-order valence-electron chi connectivity index (χ4n) is 2.45. The minimum absolute atomic E-state index is 0.119. The Hall–Kier alpha value is -2.67. The summed E-state index contributed by atoms with van der Waals surface area (Å²) in [5.41, 5.74) is 1.31. The van der Waals surface area contributed by atoms with Gasteiger partial charge in [0.15, 0.2) is 5.78 Å². The maximum atomic E-state index is 12.6. The number of anilines is 2. The lowest BCUT2D eigenvalue weighted by Crippen LogP contribution is -2.45. The van der Waals surface area contributed by atoms with Crippen molar-refractivity contribution >= 4 is 33.1 Å². The third-order valence-electron chi connectivity index (χ3n) is 3.64. The van der Waals surface area contributed by atoms with Crippen molar-refractivity contribution in [3.63, 3.8) is 0 Å². The zero-order valence-electron chi connectivity index (χ0n) is 14.3. The second-order valence-corrected chi connectivity index (χ2v) is 7.56. The molecule has 0 aliphatic carbocycles. The van der Waals surface area contributed by atoms with Crippen LogP contribution in [0, 0.1) is 0 Å². The lowest BCUT2D eigenvalue weighted by Gasteiger charge is -2.28. The summed E-state index contributed by atoms with van der Waals surface area (Å²) in [5.74, 6) is -0.610. The van der Waals surface area contributed by atoms with Gasteiger partial charge in [-0.1, -0.05) is 30.3 Å². The van der Waals surface area contributed by atoms with Gasteiger partial charge in [-0.25, -0.2) is 8.42 Å². The van der Waals surface area contributed by atoms with Crippen molar-refractivity contribution in [2.45, 2.75) is 19.9 Å². The van der Waals surface area contributed by atoms with Gasteiger partial charge in [0.25, 0.3) is 0 Å². The van der Waals surface area contributed by atoms with Gasteiger partial charge < -0.3 is 5.32 Å². The summed E-state index contributed by atoms with van der Waals surface area (Å²) in [6.07, 6.45) is 1.06. The molecular weight excluding hydrogens is 340 g/mol. The topological polar surface area (TPSA) is 83.6 Å². The number of para-hydroxylation sites is 1. The van der Waals surface area contributed by atoms with Crippen LogP contribution in [-0.2, 0) is 14.8 Å². The first-order chi connectivity index (χ1) is 11.7. The smallest absolute Gasteiger partial charge is 0.247 e. The van der Waals surface area contributed by atoms with Crippen LogP contribution in [0.25, 0.3) is 0 Å². The van der Waals surface area contributed by atoms with E-state index < -0.39 is 22.0 Å². The number of ketones is 1. The van der Waals surface area contributed by atoms with Crippen molar-refractivity contribution in [2.24, 2.45) is 0 Å². The number of nitrogens with one attached hydrogen (secondary N) is 1. The minimum Gasteiger partial charge on any atom is -0.324 e. The van der Waals surface area contributed by atoms with Crippen molar-refractivity contribution in [3.8, 4) is 0 Å². The Morgan fingerprint density at radius 2 is 1.68 bits per heavy atom. The molecule has 0 saturated heterocycles. The zero-order chi connectivity index (χ0) is 18.6. The third-order valence-corrected chi connectivity index (χ3v) is 4.88. The average molecular weight is 360 g/mol. The number of hydrogen-bond acceptors (Lipinski definition) is 4. The molecule has 0 aliphatic rings. The first-order valence-electron chi connectivity index (χ1n) is 7.66. The number of sulfonamides is 1. The van der Waals surface area contributed by atoms with Crippen LogP contribution < -0.4 is 9.62 Å². The van der Waals surface area contributed by atoms with E-state index in [1.54, 1.807) is 54.6 Å². The van der Waals surface area contributed by atoms with Crippen LogP contribution in [0.2, 0.25) is 0 Å². The van der Waals surface area contributed by atoms with Gasteiger partial charge in [-0.3, -0.25) is 13.9 Å². The summed E-state index contributed by atoms with van der Waals surface area (Å²) in [4.78, 5) is 24.0. The number of amides is 1. The van der Waals surface area contributed by atoms with E-state index in [4.69, 9.17) is 0 Å². The second kappa shape index (κ2) is 7.48. The average Bonchev–Trinajstić information content (AvgIpc) is 2.54. The quantitative estimate of drug-likeness (QED) is 0.803. The molecule has 0 spiro atoms. The fourth-order valence-corrected chi connectivity index (χ4v) is 3.62. The van der Waals surface area contributed by atoms with Gasteiger partial charge in [-0.2, -0.15) is 0 Å². The Morgan fingerprint density at radius 1 is 1.04 bits per heavy atom. The Morgan fingerprint density at radius 3 is 2.24 bits per heavy atom. The largest absolute Gasteiger partial charge is 0.324 e. The van der Waals surface area contributed by atoms with E-state index in [1.807, 2.05) is 0 Å². The second-order valence-electron chi connectivity index (χ2n) is 5.70. The molecule has 0 aliphatic heterocycles. The maximum Gasteiger partial charge on any atom is 0.247 e. The molecule has 6 nitrogen and oxygen atoms in total. The van der Waals surface area contributed by atoms with Gasteiger partial charge >= 0.3 is 0 Å². The molecule has 0 bridgehead atoms. The first-order valence-corrected chi connectivity index (χ1v) is 9.51. The van der Waals surface area contributed by atoms with E-state index in [0.29, 0.717) is 16.9 Å². The molecule has 132 valence electrons. The lowest BCUT2D eigenvalue weighted by molar-refractivity contribution is -0.116. The summed E-state index contributed by atoms with van der Waals surface area (Å²) in [5, 5.41) is 2.66. The minimum atomic E-state index is -3.66. The number of benzene rings is 2. The molecule has 1 amide bonds. The van der Waals surface area contributed by atoms with E-state index in [0.717, 1.165) is 10.6 Å². The summed E-state index contributed by atoms with van der Waals surface area (Å²) >= 11 is 0. The van der Waals surface area contributed by atoms with Crippen molar-refractivity contribution in [2.75, 3.05) is 15.9 Å². The fraction of sp³-hybridized carbons (Fsp3) is 0.222. The molecule has 0 radical (unpaired) electrons. The van der Waals surface area contributed by atoms with Crippen molar-refractivity contribution in [3.05, 3.63) is 60.2 Å². The van der Waals surface area contributed by atoms with E-state index >= 15 is 0 Å². The lowest BCUT2D eigenvalue weighted by atomic mass is 10.1.